The molecule has 66 heavy (non-hydrogen) atoms. The van der Waals surface area contributed by atoms with Crippen molar-refractivity contribution in [2.75, 3.05) is 9.80 Å². The van der Waals surface area contributed by atoms with Gasteiger partial charge in [-0.25, -0.2) is 0 Å². The van der Waals surface area contributed by atoms with Gasteiger partial charge in [0.2, 0.25) is 0 Å². The number of nitrogens with zero attached hydrogens (tertiary/aromatic N) is 2. The molecule has 1 aliphatic rings. The van der Waals surface area contributed by atoms with Crippen molar-refractivity contribution in [1.29, 1.82) is 0 Å². The minimum atomic E-state index is 0.0414. The Bertz CT molecular complexity index is 3350. The van der Waals surface area contributed by atoms with Gasteiger partial charge in [-0.05, 0) is 181 Å². The zero-order chi connectivity index (χ0) is 46.4. The molecule has 0 saturated heterocycles. The van der Waals surface area contributed by atoms with Gasteiger partial charge in [0.05, 0.1) is 11.7 Å². The molecule has 0 bridgehead atoms. The fourth-order valence-electron chi connectivity index (χ4n) is 10.7. The summed E-state index contributed by atoms with van der Waals surface area (Å²) in [4.78, 5) is 5.05. The Hall–Kier alpha value is -5.68. The molecule has 0 heterocycles. The summed E-state index contributed by atoms with van der Waals surface area (Å²) in [6.45, 7) is 22.9. The summed E-state index contributed by atoms with van der Waals surface area (Å²) < 4.78 is 2.21. The Morgan fingerprint density at radius 2 is 0.985 bits per heavy atom. The van der Waals surface area contributed by atoms with E-state index in [9.17, 15) is 0 Å². The van der Waals surface area contributed by atoms with Crippen molar-refractivity contribution < 1.29 is 0 Å². The standard InChI is InChI=1S/C62H58Br2N2/c1-37-33-42(61(5,6)7)34-38(2)59(37)65(47-25-27-48(28-26-47)66(46-23-19-44(63)20-24-46)60-39(3)35-43(36-40(60)4)62(8,9)10)45-21-17-41(18-22-45)49-29-30-53-52-15-12-16-55-56(64)32-31-54(58(52)55)51-14-11-13-50(49)57(51)53/h11-27,29-36,48H,28H2,1-10H3. The van der Waals surface area contributed by atoms with Gasteiger partial charge in [-0.1, -0.05) is 177 Å². The highest BCUT2D eigenvalue weighted by molar-refractivity contribution is 9.11. The van der Waals surface area contributed by atoms with Crippen molar-refractivity contribution in [3.8, 4) is 11.1 Å². The van der Waals surface area contributed by atoms with Crippen LogP contribution in [0.15, 0.2) is 166 Å². The molecule has 0 saturated carbocycles. The number of aryl methyl sites for hydroxylation is 4. The lowest BCUT2D eigenvalue weighted by molar-refractivity contribution is 0.589. The predicted octanol–water partition coefficient (Wildman–Crippen LogP) is 18.9. The number of anilines is 4. The molecular formula is C62H58Br2N2. The molecule has 330 valence electrons. The summed E-state index contributed by atoms with van der Waals surface area (Å²) in [5, 5.41) is 10.4. The monoisotopic (exact) mass is 988 g/mol. The molecule has 2 nitrogen and oxygen atoms in total. The molecule has 0 aromatic heterocycles. The second kappa shape index (κ2) is 16.6. The van der Waals surface area contributed by atoms with Crippen LogP contribution in [0.5, 0.6) is 0 Å². The lowest BCUT2D eigenvalue weighted by Crippen LogP contribution is -2.32. The van der Waals surface area contributed by atoms with Gasteiger partial charge in [-0.3, -0.25) is 0 Å². The fraction of sp³-hybridized carbons (Fsp3) is 0.226. The Kier molecular flexibility index (Phi) is 11.1. The number of benzene rings is 9. The highest BCUT2D eigenvalue weighted by Crippen LogP contribution is 2.46. The van der Waals surface area contributed by atoms with Gasteiger partial charge in [-0.2, -0.15) is 0 Å². The Morgan fingerprint density at radius 1 is 0.500 bits per heavy atom. The second-order valence-electron chi connectivity index (χ2n) is 20.6. The van der Waals surface area contributed by atoms with E-state index in [0.29, 0.717) is 0 Å². The summed E-state index contributed by atoms with van der Waals surface area (Å²) in [6.07, 6.45) is 8.10. The van der Waals surface area contributed by atoms with Crippen LogP contribution in [-0.4, -0.2) is 6.04 Å². The van der Waals surface area contributed by atoms with E-state index in [4.69, 9.17) is 0 Å². The maximum Gasteiger partial charge on any atom is 0.0561 e. The Balaban J connectivity index is 1.07. The molecule has 0 spiro atoms. The van der Waals surface area contributed by atoms with Crippen molar-refractivity contribution in [1.82, 2.24) is 0 Å². The van der Waals surface area contributed by atoms with E-state index in [1.807, 2.05) is 0 Å². The molecule has 4 heteroatoms. The third kappa shape index (κ3) is 7.64. The summed E-state index contributed by atoms with van der Waals surface area (Å²) in [7, 11) is 0. The normalized spacial score (nSPS) is 14.5. The van der Waals surface area contributed by atoms with E-state index in [1.165, 1.54) is 110 Å². The molecule has 1 aliphatic carbocycles. The van der Waals surface area contributed by atoms with Crippen LogP contribution in [0.3, 0.4) is 0 Å². The number of allylic oxidation sites excluding steroid dienone is 1. The Morgan fingerprint density at radius 3 is 1.53 bits per heavy atom. The minimum absolute atomic E-state index is 0.0414. The smallest absolute Gasteiger partial charge is 0.0561 e. The number of rotatable bonds is 7. The SMILES string of the molecule is Cc1cc(C(C)(C)C)cc(C)c1N(C1=CCC(N(c2ccc(Br)cc2)c2c(C)cc(C(C)(C)C)cc2C)C=C1)c1ccc(-c2ccc3c4cccc5c(Br)ccc(c6cccc2c63)c54)cc1. The molecule has 1 atom stereocenters. The van der Waals surface area contributed by atoms with Crippen LogP contribution >= 0.6 is 31.9 Å². The van der Waals surface area contributed by atoms with Gasteiger partial charge in [0.25, 0.3) is 0 Å². The van der Waals surface area contributed by atoms with Gasteiger partial charge in [0.15, 0.2) is 0 Å². The highest BCUT2D eigenvalue weighted by atomic mass is 79.9. The molecule has 0 N–H and O–H groups in total. The average molecular weight is 991 g/mol. The first-order valence-electron chi connectivity index (χ1n) is 23.3. The first-order chi connectivity index (χ1) is 31.5. The first kappa shape index (κ1) is 44.2. The number of hydrogen-bond donors (Lipinski definition) is 0. The van der Waals surface area contributed by atoms with Crippen LogP contribution in [0.4, 0.5) is 22.7 Å². The van der Waals surface area contributed by atoms with E-state index >= 15 is 0 Å². The second-order valence-corrected chi connectivity index (χ2v) is 22.4. The maximum absolute atomic E-state index is 3.84. The van der Waals surface area contributed by atoms with E-state index in [-0.39, 0.29) is 16.9 Å². The molecule has 0 amide bonds. The van der Waals surface area contributed by atoms with Crippen LogP contribution in [0.25, 0.3) is 54.2 Å². The summed E-state index contributed by atoms with van der Waals surface area (Å²) in [5.41, 5.74) is 16.4. The van der Waals surface area contributed by atoms with E-state index in [2.05, 4.69) is 263 Å². The summed E-state index contributed by atoms with van der Waals surface area (Å²) in [6, 6.07) is 50.5. The van der Waals surface area contributed by atoms with Crippen LogP contribution in [0.1, 0.15) is 81.3 Å². The molecule has 10 rings (SSSR count). The fourth-order valence-corrected chi connectivity index (χ4v) is 11.4. The van der Waals surface area contributed by atoms with Crippen molar-refractivity contribution in [3.63, 3.8) is 0 Å². The number of hydrogen-bond acceptors (Lipinski definition) is 2. The third-order valence-electron chi connectivity index (χ3n) is 14.0. The van der Waals surface area contributed by atoms with Gasteiger partial charge in [0.1, 0.15) is 0 Å². The molecular weight excluding hydrogens is 933 g/mol. The lowest BCUT2D eigenvalue weighted by atomic mass is 9.84. The highest BCUT2D eigenvalue weighted by Gasteiger charge is 2.28. The van der Waals surface area contributed by atoms with Crippen molar-refractivity contribution >= 4 is 97.7 Å². The van der Waals surface area contributed by atoms with E-state index in [0.717, 1.165) is 21.1 Å². The third-order valence-corrected chi connectivity index (χ3v) is 15.2. The summed E-state index contributed by atoms with van der Waals surface area (Å²) in [5.74, 6) is 0. The van der Waals surface area contributed by atoms with Crippen LogP contribution in [0, 0.1) is 27.7 Å². The van der Waals surface area contributed by atoms with Gasteiger partial charge in [-0.15, -0.1) is 0 Å². The van der Waals surface area contributed by atoms with Gasteiger partial charge in [0, 0.05) is 31.7 Å². The van der Waals surface area contributed by atoms with E-state index in [1.54, 1.807) is 0 Å². The molecule has 0 aliphatic heterocycles. The summed E-state index contributed by atoms with van der Waals surface area (Å²) >= 11 is 7.54. The van der Waals surface area contributed by atoms with Gasteiger partial charge < -0.3 is 9.80 Å². The van der Waals surface area contributed by atoms with Crippen molar-refractivity contribution in [2.45, 2.75) is 92.5 Å². The molecule has 9 aromatic rings. The van der Waals surface area contributed by atoms with Crippen LogP contribution < -0.4 is 9.80 Å². The number of fused-ring (bicyclic) bond motifs is 2. The minimum Gasteiger partial charge on any atom is -0.334 e. The van der Waals surface area contributed by atoms with E-state index < -0.39 is 0 Å². The average Bonchev–Trinajstić information content (AvgIpc) is 3.28. The first-order valence-corrected chi connectivity index (χ1v) is 24.9. The maximum atomic E-state index is 3.84. The quantitative estimate of drug-likeness (QED) is 0.116. The Labute approximate surface area is 408 Å². The lowest BCUT2D eigenvalue weighted by Gasteiger charge is -2.38. The van der Waals surface area contributed by atoms with Crippen LogP contribution in [-0.2, 0) is 10.8 Å². The number of halogens is 2. The van der Waals surface area contributed by atoms with Gasteiger partial charge >= 0.3 is 0 Å². The largest absolute Gasteiger partial charge is 0.334 e. The zero-order valence-electron chi connectivity index (χ0n) is 39.9. The zero-order valence-corrected chi connectivity index (χ0v) is 43.0. The van der Waals surface area contributed by atoms with Crippen LogP contribution in [0.2, 0.25) is 0 Å². The molecule has 9 aromatic carbocycles. The molecule has 1 unspecified atom stereocenters. The predicted molar refractivity (Wildman–Crippen MR) is 294 cm³/mol. The molecule has 0 fully saturated rings. The van der Waals surface area contributed by atoms with Crippen molar-refractivity contribution in [2.24, 2.45) is 0 Å². The molecule has 0 radical (unpaired) electrons. The van der Waals surface area contributed by atoms with Crippen molar-refractivity contribution in [3.05, 3.63) is 200 Å². The topological polar surface area (TPSA) is 6.48 Å².